The number of rotatable bonds is 0. The highest BCUT2D eigenvalue weighted by Gasteiger charge is 2.12. The molecule has 2 heteroatoms. The van der Waals surface area contributed by atoms with Gasteiger partial charge < -0.3 is 4.42 Å². The van der Waals surface area contributed by atoms with E-state index in [-0.39, 0.29) is 0 Å². The molecule has 0 radical (unpaired) electrons. The molecule has 2 rings (SSSR count). The number of benzene rings is 1. The highest BCUT2D eigenvalue weighted by molar-refractivity contribution is 5.68. The second kappa shape index (κ2) is 2.09. The summed E-state index contributed by atoms with van der Waals surface area (Å²) in [6, 6.07) is 8.01. The maximum Gasteiger partial charge on any atom is 0.344 e. The van der Waals surface area contributed by atoms with Crippen LogP contribution in [0.2, 0.25) is 0 Å². The van der Waals surface area contributed by atoms with Gasteiger partial charge in [0, 0.05) is 6.07 Å². The van der Waals surface area contributed by atoms with Gasteiger partial charge in [-0.25, -0.2) is 0 Å². The molecule has 2 aromatic rings. The lowest BCUT2D eigenvalue weighted by atomic mass is 10.3. The van der Waals surface area contributed by atoms with Crippen LogP contribution in [0.15, 0.2) is 28.7 Å². The van der Waals surface area contributed by atoms with Gasteiger partial charge in [-0.2, -0.15) is 4.57 Å². The van der Waals surface area contributed by atoms with Gasteiger partial charge in [0.05, 0.1) is 6.92 Å². The number of aryl methyl sites for hydroxylation is 2. The third-order valence-corrected chi connectivity index (χ3v) is 1.96. The van der Waals surface area contributed by atoms with Crippen LogP contribution in [0.1, 0.15) is 5.89 Å². The number of fused-ring (bicyclic) bond motifs is 1. The fraction of sp³-hybridized carbons (Fsp3) is 0.222. The van der Waals surface area contributed by atoms with Gasteiger partial charge in [-0.1, -0.05) is 12.1 Å². The topological polar surface area (TPSA) is 17.0 Å². The van der Waals surface area contributed by atoms with Crippen molar-refractivity contribution in [1.82, 2.24) is 0 Å². The van der Waals surface area contributed by atoms with Crippen molar-refractivity contribution in [3.05, 3.63) is 30.2 Å². The summed E-state index contributed by atoms with van der Waals surface area (Å²) in [7, 11) is 2.00. The largest absolute Gasteiger partial charge is 0.402 e. The molecule has 0 saturated heterocycles. The van der Waals surface area contributed by atoms with Crippen molar-refractivity contribution < 1.29 is 8.98 Å². The maximum atomic E-state index is 5.46. The molecule has 1 aromatic heterocycles. The molecule has 0 bridgehead atoms. The van der Waals surface area contributed by atoms with E-state index >= 15 is 0 Å². The maximum absolute atomic E-state index is 5.46. The number of aromatic nitrogens is 1. The smallest absolute Gasteiger partial charge is 0.344 e. The SMILES string of the molecule is Cc1oc2ccccc2[n+]1C. The van der Waals surface area contributed by atoms with Crippen molar-refractivity contribution in [2.45, 2.75) is 6.92 Å². The van der Waals surface area contributed by atoms with Crippen LogP contribution in [0.5, 0.6) is 0 Å². The third kappa shape index (κ3) is 0.827. The fourth-order valence-electron chi connectivity index (χ4n) is 1.22. The van der Waals surface area contributed by atoms with Gasteiger partial charge in [0.25, 0.3) is 5.52 Å². The molecule has 0 spiro atoms. The van der Waals surface area contributed by atoms with Crippen LogP contribution in [0.3, 0.4) is 0 Å². The van der Waals surface area contributed by atoms with Crippen molar-refractivity contribution in [3.63, 3.8) is 0 Å². The number of hydrogen-bond donors (Lipinski definition) is 0. The number of para-hydroxylation sites is 2. The Balaban J connectivity index is 2.92. The zero-order valence-corrected chi connectivity index (χ0v) is 6.66. The monoisotopic (exact) mass is 148 g/mol. The lowest BCUT2D eigenvalue weighted by molar-refractivity contribution is -0.657. The lowest BCUT2D eigenvalue weighted by Crippen LogP contribution is -2.28. The van der Waals surface area contributed by atoms with Crippen molar-refractivity contribution >= 4 is 11.1 Å². The Kier molecular flexibility index (Phi) is 1.22. The second-order valence-corrected chi connectivity index (χ2v) is 2.65. The number of hydrogen-bond acceptors (Lipinski definition) is 1. The van der Waals surface area contributed by atoms with Gasteiger partial charge in [0.15, 0.2) is 0 Å². The summed E-state index contributed by atoms with van der Waals surface area (Å²) in [5, 5.41) is 0. The second-order valence-electron chi connectivity index (χ2n) is 2.65. The molecular weight excluding hydrogens is 138 g/mol. The van der Waals surface area contributed by atoms with Crippen LogP contribution < -0.4 is 4.57 Å². The molecule has 0 N–H and O–H groups in total. The molecule has 0 aliphatic rings. The molecule has 0 unspecified atom stereocenters. The molecule has 0 amide bonds. The molecule has 0 atom stereocenters. The summed E-state index contributed by atoms with van der Waals surface area (Å²) < 4.78 is 7.50. The Morgan fingerprint density at radius 2 is 2.00 bits per heavy atom. The molecule has 0 aliphatic heterocycles. The Morgan fingerprint density at radius 3 is 2.73 bits per heavy atom. The zero-order chi connectivity index (χ0) is 7.84. The Hall–Kier alpha value is -1.31. The van der Waals surface area contributed by atoms with E-state index in [0.717, 1.165) is 17.0 Å². The minimum Gasteiger partial charge on any atom is -0.402 e. The molecular formula is C9H10NO+. The van der Waals surface area contributed by atoms with Crippen LogP contribution in [0, 0.1) is 6.92 Å². The lowest BCUT2D eigenvalue weighted by Gasteiger charge is -1.79. The third-order valence-electron chi connectivity index (χ3n) is 1.96. The van der Waals surface area contributed by atoms with Crippen LogP contribution in [0.25, 0.3) is 11.1 Å². The van der Waals surface area contributed by atoms with E-state index in [2.05, 4.69) is 0 Å². The highest BCUT2D eigenvalue weighted by Crippen LogP contribution is 2.10. The van der Waals surface area contributed by atoms with E-state index in [1.54, 1.807) is 0 Å². The van der Waals surface area contributed by atoms with Crippen LogP contribution >= 0.6 is 0 Å². The van der Waals surface area contributed by atoms with Crippen molar-refractivity contribution in [3.8, 4) is 0 Å². The summed E-state index contributed by atoms with van der Waals surface area (Å²) in [5.41, 5.74) is 2.09. The van der Waals surface area contributed by atoms with E-state index in [1.165, 1.54) is 0 Å². The molecule has 0 saturated carbocycles. The van der Waals surface area contributed by atoms with Gasteiger partial charge >= 0.3 is 5.89 Å². The van der Waals surface area contributed by atoms with Crippen LogP contribution in [-0.2, 0) is 7.05 Å². The molecule has 1 heterocycles. The molecule has 1 aromatic carbocycles. The summed E-state index contributed by atoms with van der Waals surface area (Å²) in [6.45, 7) is 1.96. The molecule has 11 heavy (non-hydrogen) atoms. The Morgan fingerprint density at radius 1 is 1.27 bits per heavy atom. The van der Waals surface area contributed by atoms with Gasteiger partial charge in [0.2, 0.25) is 5.58 Å². The summed E-state index contributed by atoms with van der Waals surface area (Å²) in [4.78, 5) is 0. The summed E-state index contributed by atoms with van der Waals surface area (Å²) in [6.07, 6.45) is 0. The fourth-order valence-corrected chi connectivity index (χ4v) is 1.22. The average Bonchev–Trinajstić information content (AvgIpc) is 2.30. The average molecular weight is 148 g/mol. The first-order valence-electron chi connectivity index (χ1n) is 3.63. The summed E-state index contributed by atoms with van der Waals surface area (Å²) >= 11 is 0. The molecule has 56 valence electrons. The predicted octanol–water partition coefficient (Wildman–Crippen LogP) is 1.57. The summed E-state index contributed by atoms with van der Waals surface area (Å²) in [5.74, 6) is 0.936. The highest BCUT2D eigenvalue weighted by atomic mass is 16.3. The van der Waals surface area contributed by atoms with Gasteiger partial charge in [-0.05, 0) is 6.07 Å². The normalized spacial score (nSPS) is 10.7. The quantitative estimate of drug-likeness (QED) is 0.518. The van der Waals surface area contributed by atoms with Crippen molar-refractivity contribution in [2.75, 3.05) is 0 Å². The van der Waals surface area contributed by atoms with Crippen molar-refractivity contribution in [1.29, 1.82) is 0 Å². The van der Waals surface area contributed by atoms with E-state index in [0.29, 0.717) is 0 Å². The zero-order valence-electron chi connectivity index (χ0n) is 6.66. The minimum atomic E-state index is 0.936. The van der Waals surface area contributed by atoms with E-state index in [4.69, 9.17) is 4.42 Å². The number of nitrogens with zero attached hydrogens (tertiary/aromatic N) is 1. The standard InChI is InChI=1S/C9H10NO/c1-7-10(2)8-5-3-4-6-9(8)11-7/h3-6H,1-2H3/q+1. The van der Waals surface area contributed by atoms with Gasteiger partial charge in [0.1, 0.15) is 7.05 Å². The molecule has 0 fully saturated rings. The van der Waals surface area contributed by atoms with Crippen LogP contribution in [-0.4, -0.2) is 0 Å². The Labute approximate surface area is 65.1 Å². The van der Waals surface area contributed by atoms with Gasteiger partial charge in [-0.15, -0.1) is 0 Å². The van der Waals surface area contributed by atoms with Gasteiger partial charge in [-0.3, -0.25) is 0 Å². The minimum absolute atomic E-state index is 0.936. The first kappa shape index (κ1) is 6.40. The van der Waals surface area contributed by atoms with Crippen LogP contribution in [0.4, 0.5) is 0 Å². The number of oxazole rings is 1. The first-order chi connectivity index (χ1) is 5.29. The van der Waals surface area contributed by atoms with Crippen molar-refractivity contribution in [2.24, 2.45) is 7.05 Å². The Bertz CT molecular complexity index is 389. The first-order valence-corrected chi connectivity index (χ1v) is 3.63. The molecule has 0 aliphatic carbocycles. The predicted molar refractivity (Wildman–Crippen MR) is 42.1 cm³/mol. The van der Waals surface area contributed by atoms with E-state index in [1.807, 2.05) is 42.8 Å². The molecule has 2 nitrogen and oxygen atoms in total. The van der Waals surface area contributed by atoms with E-state index < -0.39 is 0 Å². The van der Waals surface area contributed by atoms with E-state index in [9.17, 15) is 0 Å².